The fourth-order valence-corrected chi connectivity index (χ4v) is 2.31. The van der Waals surface area contributed by atoms with Crippen LogP contribution in [0, 0.1) is 5.41 Å². The molecule has 1 heterocycles. The van der Waals surface area contributed by atoms with Gasteiger partial charge in [0.25, 0.3) is 5.91 Å². The van der Waals surface area contributed by atoms with E-state index in [2.05, 4.69) is 5.32 Å². The fourth-order valence-electron chi connectivity index (χ4n) is 1.95. The van der Waals surface area contributed by atoms with Crippen molar-refractivity contribution in [3.05, 3.63) is 0 Å². The van der Waals surface area contributed by atoms with E-state index in [1.54, 1.807) is 0 Å². The number of carbonyl (C=O) groups is 1. The summed E-state index contributed by atoms with van der Waals surface area (Å²) in [5, 5.41) is 2.97. The van der Waals surface area contributed by atoms with E-state index in [1.807, 2.05) is 6.92 Å². The Labute approximate surface area is 95.5 Å². The average molecular weight is 232 g/mol. The molecule has 1 N–H and O–H groups in total. The molecule has 0 aromatic rings. The first-order valence-electron chi connectivity index (χ1n) is 5.59. The maximum absolute atomic E-state index is 11.9. The van der Waals surface area contributed by atoms with Crippen molar-refractivity contribution >= 4 is 17.5 Å². The van der Waals surface area contributed by atoms with Crippen LogP contribution >= 0.6 is 11.6 Å². The molecule has 1 aliphatic carbocycles. The van der Waals surface area contributed by atoms with Crippen molar-refractivity contribution in [2.24, 2.45) is 5.41 Å². The molecule has 15 heavy (non-hydrogen) atoms. The van der Waals surface area contributed by atoms with E-state index in [-0.39, 0.29) is 11.3 Å². The van der Waals surface area contributed by atoms with Gasteiger partial charge in [-0.2, -0.15) is 0 Å². The van der Waals surface area contributed by atoms with Crippen LogP contribution < -0.4 is 5.32 Å². The molecule has 2 aliphatic rings. The first kappa shape index (κ1) is 11.2. The predicted octanol–water partition coefficient (Wildman–Crippen LogP) is 1.69. The van der Waals surface area contributed by atoms with Gasteiger partial charge in [0.1, 0.15) is 5.60 Å². The lowest BCUT2D eigenvalue weighted by Gasteiger charge is -2.23. The van der Waals surface area contributed by atoms with Crippen LogP contribution in [0.5, 0.6) is 0 Å². The zero-order chi connectivity index (χ0) is 10.9. The summed E-state index contributed by atoms with van der Waals surface area (Å²) < 4.78 is 5.48. The summed E-state index contributed by atoms with van der Waals surface area (Å²) in [6, 6.07) is 0. The number of rotatable bonds is 4. The lowest BCUT2D eigenvalue weighted by molar-refractivity contribution is -0.139. The van der Waals surface area contributed by atoms with E-state index < -0.39 is 5.60 Å². The van der Waals surface area contributed by atoms with Gasteiger partial charge in [-0.25, -0.2) is 0 Å². The summed E-state index contributed by atoms with van der Waals surface area (Å²) in [6.07, 6.45) is 4.07. The van der Waals surface area contributed by atoms with Gasteiger partial charge in [0, 0.05) is 24.4 Å². The van der Waals surface area contributed by atoms with Crippen LogP contribution in [0.2, 0.25) is 0 Å². The van der Waals surface area contributed by atoms with Crippen molar-refractivity contribution in [1.29, 1.82) is 0 Å². The quantitative estimate of drug-likeness (QED) is 0.748. The van der Waals surface area contributed by atoms with Gasteiger partial charge in [-0.15, -0.1) is 11.6 Å². The first-order valence-corrected chi connectivity index (χ1v) is 6.12. The molecule has 2 rings (SSSR count). The number of amides is 1. The lowest BCUT2D eigenvalue weighted by atomic mass is 10.0. The molecule has 0 radical (unpaired) electrons. The zero-order valence-corrected chi connectivity index (χ0v) is 9.90. The molecule has 1 amide bonds. The minimum atomic E-state index is -0.595. The molecule has 0 bridgehead atoms. The molecule has 4 heteroatoms. The Hall–Kier alpha value is -0.280. The number of ether oxygens (including phenoxy) is 1. The molecule has 1 aliphatic heterocycles. The van der Waals surface area contributed by atoms with Crippen LogP contribution in [-0.2, 0) is 9.53 Å². The second kappa shape index (κ2) is 3.95. The molecular weight excluding hydrogens is 214 g/mol. The third-order valence-corrected chi connectivity index (χ3v) is 4.13. The molecule has 0 aromatic carbocycles. The van der Waals surface area contributed by atoms with Crippen molar-refractivity contribution in [3.63, 3.8) is 0 Å². The van der Waals surface area contributed by atoms with Crippen molar-refractivity contribution in [2.75, 3.05) is 19.0 Å². The summed E-state index contributed by atoms with van der Waals surface area (Å²) in [5.41, 5.74) is -0.408. The Kier molecular flexibility index (Phi) is 2.95. The van der Waals surface area contributed by atoms with Crippen molar-refractivity contribution < 1.29 is 9.53 Å². The number of nitrogens with one attached hydrogen (secondary N) is 1. The van der Waals surface area contributed by atoms with E-state index in [4.69, 9.17) is 16.3 Å². The van der Waals surface area contributed by atoms with Gasteiger partial charge < -0.3 is 10.1 Å². The van der Waals surface area contributed by atoms with Gasteiger partial charge in [0.05, 0.1) is 0 Å². The highest BCUT2D eigenvalue weighted by Gasteiger charge is 2.44. The van der Waals surface area contributed by atoms with Crippen LogP contribution in [0.4, 0.5) is 0 Å². The van der Waals surface area contributed by atoms with Crippen LogP contribution in [0.1, 0.15) is 32.6 Å². The number of alkyl halides is 1. The summed E-state index contributed by atoms with van der Waals surface area (Å²) in [6.45, 7) is 3.27. The second-order valence-corrected chi connectivity index (χ2v) is 5.27. The minimum Gasteiger partial charge on any atom is -0.365 e. The van der Waals surface area contributed by atoms with E-state index in [9.17, 15) is 4.79 Å². The summed E-state index contributed by atoms with van der Waals surface area (Å²) in [5.74, 6) is 0.668. The topological polar surface area (TPSA) is 38.3 Å². The average Bonchev–Trinajstić information content (AvgIpc) is 2.90. The van der Waals surface area contributed by atoms with Crippen molar-refractivity contribution in [2.45, 2.75) is 38.2 Å². The summed E-state index contributed by atoms with van der Waals surface area (Å²) in [7, 11) is 0. The molecule has 1 unspecified atom stereocenters. The summed E-state index contributed by atoms with van der Waals surface area (Å²) in [4.78, 5) is 11.9. The fraction of sp³-hybridized carbons (Fsp3) is 0.909. The smallest absolute Gasteiger partial charge is 0.251 e. The molecule has 0 aromatic heterocycles. The maximum Gasteiger partial charge on any atom is 0.251 e. The Morgan fingerprint density at radius 3 is 2.67 bits per heavy atom. The largest absolute Gasteiger partial charge is 0.365 e. The molecule has 2 fully saturated rings. The number of halogens is 1. The highest BCUT2D eigenvalue weighted by Crippen LogP contribution is 2.46. The van der Waals surface area contributed by atoms with E-state index in [0.717, 1.165) is 25.7 Å². The lowest BCUT2D eigenvalue weighted by Crippen LogP contribution is -2.46. The Bertz CT molecular complexity index is 257. The predicted molar refractivity (Wildman–Crippen MR) is 59.0 cm³/mol. The van der Waals surface area contributed by atoms with Gasteiger partial charge in [-0.1, -0.05) is 0 Å². The highest BCUT2D eigenvalue weighted by atomic mass is 35.5. The zero-order valence-electron chi connectivity index (χ0n) is 9.14. The molecule has 1 saturated carbocycles. The van der Waals surface area contributed by atoms with E-state index >= 15 is 0 Å². The van der Waals surface area contributed by atoms with E-state index in [1.165, 1.54) is 0 Å². The third-order valence-electron chi connectivity index (χ3n) is 3.56. The number of carbonyl (C=O) groups excluding carboxylic acids is 1. The monoisotopic (exact) mass is 231 g/mol. The maximum atomic E-state index is 11.9. The number of hydrogen-bond acceptors (Lipinski definition) is 2. The van der Waals surface area contributed by atoms with E-state index in [0.29, 0.717) is 19.0 Å². The molecule has 1 atom stereocenters. The Balaban J connectivity index is 1.82. The van der Waals surface area contributed by atoms with Gasteiger partial charge >= 0.3 is 0 Å². The Morgan fingerprint density at radius 1 is 1.47 bits per heavy atom. The molecule has 3 nitrogen and oxygen atoms in total. The molecule has 1 saturated heterocycles. The van der Waals surface area contributed by atoms with Gasteiger partial charge in [-0.05, 0) is 32.6 Å². The third kappa shape index (κ3) is 2.28. The van der Waals surface area contributed by atoms with Gasteiger partial charge in [-0.3, -0.25) is 4.79 Å². The van der Waals surface area contributed by atoms with Crippen molar-refractivity contribution in [3.8, 4) is 0 Å². The Morgan fingerprint density at radius 2 is 2.20 bits per heavy atom. The van der Waals surface area contributed by atoms with Crippen LogP contribution in [-0.4, -0.2) is 30.5 Å². The first-order chi connectivity index (χ1) is 7.10. The second-order valence-electron chi connectivity index (χ2n) is 5.00. The normalized spacial score (nSPS) is 32.7. The number of hydrogen-bond donors (Lipinski definition) is 1. The molecule has 0 spiro atoms. The van der Waals surface area contributed by atoms with Gasteiger partial charge in [0.15, 0.2) is 0 Å². The standard InChI is InChI=1S/C11H18ClNO2/c1-10(3-2-6-15-10)9(14)13-8-11(7-12)4-5-11/h2-8H2,1H3,(H,13,14). The van der Waals surface area contributed by atoms with Crippen molar-refractivity contribution in [1.82, 2.24) is 5.32 Å². The summed E-state index contributed by atoms with van der Waals surface area (Å²) >= 11 is 5.85. The SMILES string of the molecule is CC1(C(=O)NCC2(CCl)CC2)CCCO1. The minimum absolute atomic E-state index is 0.0244. The molecule has 86 valence electrons. The van der Waals surface area contributed by atoms with Crippen LogP contribution in [0.3, 0.4) is 0 Å². The van der Waals surface area contributed by atoms with Gasteiger partial charge in [0.2, 0.25) is 0 Å². The van der Waals surface area contributed by atoms with Crippen LogP contribution in [0.15, 0.2) is 0 Å². The highest BCUT2D eigenvalue weighted by molar-refractivity contribution is 6.18. The van der Waals surface area contributed by atoms with Crippen LogP contribution in [0.25, 0.3) is 0 Å². The molecular formula is C11H18ClNO2.